The van der Waals surface area contributed by atoms with Crippen LogP contribution in [0, 0.1) is 13.8 Å². The van der Waals surface area contributed by atoms with Crippen LogP contribution in [0.5, 0.6) is 0 Å². The van der Waals surface area contributed by atoms with Crippen molar-refractivity contribution in [2.24, 2.45) is 5.73 Å². The molecule has 0 atom stereocenters. The Balaban J connectivity index is 2.06. The summed E-state index contributed by atoms with van der Waals surface area (Å²) < 4.78 is 6.87. The topological polar surface area (TPSA) is 87.2 Å². The van der Waals surface area contributed by atoms with Gasteiger partial charge in [0.25, 0.3) is 0 Å². The molecule has 0 radical (unpaired) electrons. The SMILES string of the molecule is Cc1cc(C)cc(Sc2c(C(C)C)nc(COC(N)=O)n2CC(=O)c2ccccc2)c1. The third-order valence-electron chi connectivity index (χ3n) is 4.72. The zero-order chi connectivity index (χ0) is 22.5. The summed E-state index contributed by atoms with van der Waals surface area (Å²) in [6.07, 6.45) is -0.876. The summed E-state index contributed by atoms with van der Waals surface area (Å²) in [5.41, 5.74) is 8.97. The normalized spacial score (nSPS) is 11.0. The maximum Gasteiger partial charge on any atom is 0.404 e. The standard InChI is InChI=1S/C24H27N3O3S/c1-15(2)22-23(31-19-11-16(3)10-17(4)12-19)27(21(26-22)14-30-24(25)29)13-20(28)18-8-6-5-7-9-18/h5-12,15H,13-14H2,1-4H3,(H2,25,29). The summed E-state index contributed by atoms with van der Waals surface area (Å²) in [5, 5.41) is 0.868. The third-order valence-corrected chi connectivity index (χ3v) is 5.82. The van der Waals surface area contributed by atoms with E-state index in [2.05, 4.69) is 45.9 Å². The number of rotatable bonds is 8. The molecule has 2 aromatic carbocycles. The number of nitrogens with two attached hydrogens (primary N) is 1. The Labute approximate surface area is 186 Å². The molecule has 162 valence electrons. The lowest BCUT2D eigenvalue weighted by Crippen LogP contribution is -2.18. The number of amides is 1. The Bertz CT molecular complexity index is 1070. The summed E-state index contributed by atoms with van der Waals surface area (Å²) in [6.45, 7) is 8.22. The number of Topliss-reactive ketones (excluding diaryl/α,β-unsaturated/α-hetero) is 1. The molecule has 0 saturated heterocycles. The Morgan fingerprint density at radius 2 is 1.74 bits per heavy atom. The van der Waals surface area contributed by atoms with Crippen molar-refractivity contribution < 1.29 is 14.3 Å². The molecule has 31 heavy (non-hydrogen) atoms. The molecule has 0 aliphatic heterocycles. The summed E-state index contributed by atoms with van der Waals surface area (Å²) in [5.74, 6) is 0.573. The van der Waals surface area contributed by atoms with Crippen molar-refractivity contribution in [2.75, 3.05) is 0 Å². The number of aromatic nitrogens is 2. The van der Waals surface area contributed by atoms with Gasteiger partial charge in [-0.05, 0) is 43.0 Å². The van der Waals surface area contributed by atoms with Crippen LogP contribution in [-0.4, -0.2) is 21.4 Å². The van der Waals surface area contributed by atoms with Crippen molar-refractivity contribution in [3.8, 4) is 0 Å². The molecular formula is C24H27N3O3S. The molecule has 7 heteroatoms. The molecule has 1 aromatic heterocycles. The zero-order valence-electron chi connectivity index (χ0n) is 18.2. The number of imidazole rings is 1. The average Bonchev–Trinajstić information content (AvgIpc) is 3.03. The second kappa shape index (κ2) is 9.83. The lowest BCUT2D eigenvalue weighted by atomic mass is 10.1. The number of carbonyl (C=O) groups is 2. The van der Waals surface area contributed by atoms with Gasteiger partial charge in [0.15, 0.2) is 12.4 Å². The highest BCUT2D eigenvalue weighted by molar-refractivity contribution is 7.99. The van der Waals surface area contributed by atoms with E-state index in [1.165, 1.54) is 0 Å². The van der Waals surface area contributed by atoms with Crippen LogP contribution >= 0.6 is 11.8 Å². The fourth-order valence-corrected chi connectivity index (χ4v) is 4.74. The quantitative estimate of drug-likeness (QED) is 0.486. The minimum atomic E-state index is -0.876. The van der Waals surface area contributed by atoms with Crippen molar-refractivity contribution >= 4 is 23.6 Å². The highest BCUT2D eigenvalue weighted by Gasteiger charge is 2.23. The number of nitrogens with zero attached hydrogens (tertiary/aromatic N) is 2. The molecule has 0 fully saturated rings. The largest absolute Gasteiger partial charge is 0.442 e. The lowest BCUT2D eigenvalue weighted by Gasteiger charge is -2.13. The molecule has 3 rings (SSSR count). The molecule has 2 N–H and O–H groups in total. The van der Waals surface area contributed by atoms with E-state index in [1.54, 1.807) is 23.9 Å². The van der Waals surface area contributed by atoms with Gasteiger partial charge in [0.1, 0.15) is 10.9 Å². The van der Waals surface area contributed by atoms with Crippen molar-refractivity contribution in [1.82, 2.24) is 9.55 Å². The van der Waals surface area contributed by atoms with Gasteiger partial charge in [-0.15, -0.1) is 0 Å². The van der Waals surface area contributed by atoms with Gasteiger partial charge in [-0.25, -0.2) is 9.78 Å². The molecule has 1 amide bonds. The highest BCUT2D eigenvalue weighted by Crippen LogP contribution is 2.36. The number of carbonyl (C=O) groups excluding carboxylic acids is 2. The predicted molar refractivity (Wildman–Crippen MR) is 121 cm³/mol. The number of ether oxygens (including phenoxy) is 1. The Hall–Kier alpha value is -3.06. The first-order valence-electron chi connectivity index (χ1n) is 10.1. The summed E-state index contributed by atoms with van der Waals surface area (Å²) in [7, 11) is 0. The van der Waals surface area contributed by atoms with Gasteiger partial charge in [-0.1, -0.05) is 62.0 Å². The summed E-state index contributed by atoms with van der Waals surface area (Å²) in [4.78, 5) is 30.0. The van der Waals surface area contributed by atoms with E-state index in [1.807, 2.05) is 22.8 Å². The van der Waals surface area contributed by atoms with Gasteiger partial charge in [0, 0.05) is 10.5 Å². The molecule has 0 aliphatic rings. The van der Waals surface area contributed by atoms with Crippen LogP contribution in [0.1, 0.15) is 52.8 Å². The van der Waals surface area contributed by atoms with Gasteiger partial charge in [-0.3, -0.25) is 4.79 Å². The molecule has 1 heterocycles. The third kappa shape index (κ3) is 5.76. The second-order valence-electron chi connectivity index (χ2n) is 7.78. The van der Waals surface area contributed by atoms with Crippen molar-refractivity contribution in [3.05, 3.63) is 76.7 Å². The first kappa shape index (κ1) is 22.6. The van der Waals surface area contributed by atoms with Crippen molar-refractivity contribution in [2.45, 2.75) is 56.7 Å². The minimum absolute atomic E-state index is 0.0455. The van der Waals surface area contributed by atoms with Crippen LogP contribution in [0.4, 0.5) is 4.79 Å². The zero-order valence-corrected chi connectivity index (χ0v) is 19.0. The van der Waals surface area contributed by atoms with Gasteiger partial charge in [-0.2, -0.15) is 0 Å². The Morgan fingerprint density at radius 1 is 1.10 bits per heavy atom. The summed E-state index contributed by atoms with van der Waals surface area (Å²) >= 11 is 1.57. The summed E-state index contributed by atoms with van der Waals surface area (Å²) in [6, 6.07) is 15.5. The van der Waals surface area contributed by atoms with Crippen LogP contribution in [0.25, 0.3) is 0 Å². The Morgan fingerprint density at radius 3 is 2.32 bits per heavy atom. The van der Waals surface area contributed by atoms with E-state index in [4.69, 9.17) is 15.5 Å². The predicted octanol–water partition coefficient (Wildman–Crippen LogP) is 5.25. The number of aryl methyl sites for hydroxylation is 2. The monoisotopic (exact) mass is 437 g/mol. The van der Waals surface area contributed by atoms with E-state index in [9.17, 15) is 9.59 Å². The fraction of sp³-hybridized carbons (Fsp3) is 0.292. The average molecular weight is 438 g/mol. The maximum absolute atomic E-state index is 13.0. The molecule has 0 bridgehead atoms. The van der Waals surface area contributed by atoms with Crippen molar-refractivity contribution in [1.29, 1.82) is 0 Å². The van der Waals surface area contributed by atoms with Crippen LogP contribution in [-0.2, 0) is 17.9 Å². The van der Waals surface area contributed by atoms with Crippen LogP contribution in [0.3, 0.4) is 0 Å². The first-order valence-corrected chi connectivity index (χ1v) is 10.9. The van der Waals surface area contributed by atoms with Gasteiger partial charge in [0.05, 0.1) is 12.2 Å². The molecule has 0 unspecified atom stereocenters. The number of primary amides is 1. The second-order valence-corrected chi connectivity index (χ2v) is 8.84. The van der Waals surface area contributed by atoms with E-state index < -0.39 is 6.09 Å². The Kier molecular flexibility index (Phi) is 7.17. The molecule has 6 nitrogen and oxygen atoms in total. The van der Waals surface area contributed by atoms with Gasteiger partial charge in [0.2, 0.25) is 0 Å². The number of hydrogen-bond donors (Lipinski definition) is 1. The molecular weight excluding hydrogens is 410 g/mol. The van der Waals surface area contributed by atoms with E-state index in [-0.39, 0.29) is 24.9 Å². The minimum Gasteiger partial charge on any atom is -0.442 e. The lowest BCUT2D eigenvalue weighted by molar-refractivity contribution is 0.0965. The van der Waals surface area contributed by atoms with Crippen LogP contribution in [0.15, 0.2) is 58.5 Å². The van der Waals surface area contributed by atoms with Crippen LogP contribution < -0.4 is 5.73 Å². The number of hydrogen-bond acceptors (Lipinski definition) is 5. The molecule has 0 spiro atoms. The van der Waals surface area contributed by atoms with Crippen molar-refractivity contribution in [3.63, 3.8) is 0 Å². The van der Waals surface area contributed by atoms with E-state index >= 15 is 0 Å². The first-order chi connectivity index (χ1) is 14.7. The molecule has 0 aliphatic carbocycles. The van der Waals surface area contributed by atoms with E-state index in [0.29, 0.717) is 11.4 Å². The molecule has 3 aromatic rings. The fourth-order valence-electron chi connectivity index (χ4n) is 3.36. The van der Waals surface area contributed by atoms with Gasteiger partial charge < -0.3 is 15.0 Å². The van der Waals surface area contributed by atoms with Gasteiger partial charge >= 0.3 is 6.09 Å². The van der Waals surface area contributed by atoms with Crippen LogP contribution in [0.2, 0.25) is 0 Å². The highest BCUT2D eigenvalue weighted by atomic mass is 32.2. The van der Waals surface area contributed by atoms with E-state index in [0.717, 1.165) is 26.7 Å². The number of benzene rings is 2. The maximum atomic E-state index is 13.0. The molecule has 0 saturated carbocycles. The smallest absolute Gasteiger partial charge is 0.404 e. The number of ketones is 1.